The zero-order valence-corrected chi connectivity index (χ0v) is 8.14. The van der Waals surface area contributed by atoms with Crippen LogP contribution in [0.3, 0.4) is 0 Å². The fourth-order valence-corrected chi connectivity index (χ4v) is 1.94. The van der Waals surface area contributed by atoms with Crippen molar-refractivity contribution in [2.45, 2.75) is 19.4 Å². The monoisotopic (exact) mass is 210 g/mol. The molecule has 0 bridgehead atoms. The van der Waals surface area contributed by atoms with Crippen LogP contribution in [0.1, 0.15) is 13.3 Å². The molecule has 80 valence electrons. The minimum atomic E-state index is -0.666. The van der Waals surface area contributed by atoms with E-state index in [2.05, 4.69) is 4.74 Å². The van der Waals surface area contributed by atoms with E-state index in [9.17, 15) is 14.4 Å². The third-order valence-electron chi connectivity index (χ3n) is 2.58. The standard InChI is InChI=1S/C10H10O5/c1-5(11)14-7-4-2-3-6-8(7)10(13)15-9(6)12/h2,4,6-8H,3H2,1H3/t6-,7+,8-/m0/s1. The van der Waals surface area contributed by atoms with Gasteiger partial charge in [-0.15, -0.1) is 0 Å². The molecule has 2 aliphatic rings. The van der Waals surface area contributed by atoms with Crippen LogP contribution < -0.4 is 0 Å². The van der Waals surface area contributed by atoms with Gasteiger partial charge in [-0.1, -0.05) is 6.08 Å². The van der Waals surface area contributed by atoms with E-state index < -0.39 is 35.8 Å². The molecule has 1 saturated heterocycles. The summed E-state index contributed by atoms with van der Waals surface area (Å²) in [6.45, 7) is 1.26. The number of carbonyl (C=O) groups is 3. The first-order valence-electron chi connectivity index (χ1n) is 4.69. The van der Waals surface area contributed by atoms with Crippen LogP contribution in [-0.4, -0.2) is 24.0 Å². The van der Waals surface area contributed by atoms with Gasteiger partial charge in [0.2, 0.25) is 0 Å². The molecule has 0 aromatic heterocycles. The average Bonchev–Trinajstić information content (AvgIpc) is 2.43. The highest BCUT2D eigenvalue weighted by molar-refractivity contribution is 5.97. The molecule has 0 amide bonds. The van der Waals surface area contributed by atoms with Gasteiger partial charge in [-0.05, 0) is 12.5 Å². The molecule has 0 radical (unpaired) electrons. The summed E-state index contributed by atoms with van der Waals surface area (Å²) in [6, 6.07) is 0. The van der Waals surface area contributed by atoms with Crippen molar-refractivity contribution in [2.24, 2.45) is 11.8 Å². The van der Waals surface area contributed by atoms with Gasteiger partial charge in [-0.25, -0.2) is 0 Å². The number of hydrogen-bond donors (Lipinski definition) is 0. The van der Waals surface area contributed by atoms with Gasteiger partial charge in [0, 0.05) is 6.92 Å². The number of allylic oxidation sites excluding steroid dienone is 1. The zero-order chi connectivity index (χ0) is 11.0. The third-order valence-corrected chi connectivity index (χ3v) is 2.58. The lowest BCUT2D eigenvalue weighted by Crippen LogP contribution is -2.34. The SMILES string of the molecule is CC(=O)O[C@@H]1C=CC[C@@H]2C(=O)OC(=O)[C@@H]21. The molecule has 1 aliphatic heterocycles. The molecule has 0 spiro atoms. The van der Waals surface area contributed by atoms with Gasteiger partial charge in [0.15, 0.2) is 0 Å². The van der Waals surface area contributed by atoms with E-state index in [0.717, 1.165) is 0 Å². The maximum Gasteiger partial charge on any atom is 0.321 e. The van der Waals surface area contributed by atoms with Crippen LogP contribution >= 0.6 is 0 Å². The molecule has 3 atom stereocenters. The quantitative estimate of drug-likeness (QED) is 0.351. The Hall–Kier alpha value is -1.65. The molecule has 1 fully saturated rings. The molecule has 0 aromatic carbocycles. The van der Waals surface area contributed by atoms with Crippen molar-refractivity contribution in [1.82, 2.24) is 0 Å². The number of esters is 3. The first-order valence-corrected chi connectivity index (χ1v) is 4.69. The summed E-state index contributed by atoms with van der Waals surface area (Å²) in [5, 5.41) is 0. The van der Waals surface area contributed by atoms with Crippen LogP contribution in [0.15, 0.2) is 12.2 Å². The highest BCUT2D eigenvalue weighted by Gasteiger charge is 2.50. The summed E-state index contributed by atoms with van der Waals surface area (Å²) in [5.74, 6) is -2.75. The Kier molecular flexibility index (Phi) is 2.30. The molecule has 1 heterocycles. The van der Waals surface area contributed by atoms with Crippen LogP contribution in [0.4, 0.5) is 0 Å². The number of carbonyl (C=O) groups excluding carboxylic acids is 3. The Labute approximate surface area is 86.0 Å². The maximum absolute atomic E-state index is 11.3. The summed E-state index contributed by atoms with van der Waals surface area (Å²) < 4.78 is 9.46. The first kappa shape index (κ1) is 9.89. The van der Waals surface area contributed by atoms with Crippen molar-refractivity contribution in [2.75, 3.05) is 0 Å². The molecule has 2 rings (SSSR count). The van der Waals surface area contributed by atoms with Gasteiger partial charge in [-0.3, -0.25) is 14.4 Å². The molecular formula is C10H10O5. The van der Waals surface area contributed by atoms with E-state index in [4.69, 9.17) is 4.74 Å². The van der Waals surface area contributed by atoms with Crippen molar-refractivity contribution in [3.05, 3.63) is 12.2 Å². The molecule has 0 aromatic rings. The number of rotatable bonds is 1. The number of ether oxygens (including phenoxy) is 2. The smallest absolute Gasteiger partial charge is 0.321 e. The number of hydrogen-bond acceptors (Lipinski definition) is 5. The second-order valence-corrected chi connectivity index (χ2v) is 3.61. The second-order valence-electron chi connectivity index (χ2n) is 3.61. The number of fused-ring (bicyclic) bond motifs is 1. The molecule has 5 nitrogen and oxygen atoms in total. The summed E-state index contributed by atoms with van der Waals surface area (Å²) in [4.78, 5) is 33.4. The van der Waals surface area contributed by atoms with Crippen LogP contribution in [0.25, 0.3) is 0 Å². The fraction of sp³-hybridized carbons (Fsp3) is 0.500. The highest BCUT2D eigenvalue weighted by atomic mass is 16.6. The zero-order valence-electron chi connectivity index (χ0n) is 8.14. The van der Waals surface area contributed by atoms with Gasteiger partial charge in [0.25, 0.3) is 0 Å². The Balaban J connectivity index is 2.22. The first-order chi connectivity index (χ1) is 7.09. The molecule has 0 unspecified atom stereocenters. The van der Waals surface area contributed by atoms with Gasteiger partial charge in [-0.2, -0.15) is 0 Å². The topological polar surface area (TPSA) is 69.7 Å². The van der Waals surface area contributed by atoms with Crippen molar-refractivity contribution in [3.8, 4) is 0 Å². The Morgan fingerprint density at radius 1 is 1.47 bits per heavy atom. The predicted molar refractivity (Wildman–Crippen MR) is 47.4 cm³/mol. The van der Waals surface area contributed by atoms with Crippen LogP contribution in [0.2, 0.25) is 0 Å². The van der Waals surface area contributed by atoms with Gasteiger partial charge in [0.1, 0.15) is 12.0 Å². The van der Waals surface area contributed by atoms with E-state index in [1.807, 2.05) is 0 Å². The van der Waals surface area contributed by atoms with Crippen LogP contribution in [-0.2, 0) is 23.9 Å². The van der Waals surface area contributed by atoms with Crippen molar-refractivity contribution in [1.29, 1.82) is 0 Å². The minimum absolute atomic E-state index is 0.465. The number of cyclic esters (lactones) is 2. The van der Waals surface area contributed by atoms with E-state index in [-0.39, 0.29) is 0 Å². The summed E-state index contributed by atoms with van der Waals surface area (Å²) in [6.07, 6.45) is 3.16. The Morgan fingerprint density at radius 3 is 2.87 bits per heavy atom. The van der Waals surface area contributed by atoms with Crippen molar-refractivity contribution >= 4 is 17.9 Å². The summed E-state index contributed by atoms with van der Waals surface area (Å²) >= 11 is 0. The molecular weight excluding hydrogens is 200 g/mol. The van der Waals surface area contributed by atoms with E-state index in [0.29, 0.717) is 6.42 Å². The molecule has 1 aliphatic carbocycles. The average molecular weight is 210 g/mol. The largest absolute Gasteiger partial charge is 0.457 e. The van der Waals surface area contributed by atoms with E-state index in [1.54, 1.807) is 12.2 Å². The lowest BCUT2D eigenvalue weighted by Gasteiger charge is -2.23. The molecule has 0 saturated carbocycles. The minimum Gasteiger partial charge on any atom is -0.457 e. The van der Waals surface area contributed by atoms with Gasteiger partial charge in [0.05, 0.1) is 5.92 Å². The van der Waals surface area contributed by atoms with E-state index >= 15 is 0 Å². The Bertz CT molecular complexity index is 357. The van der Waals surface area contributed by atoms with Crippen LogP contribution in [0.5, 0.6) is 0 Å². The third kappa shape index (κ3) is 1.65. The van der Waals surface area contributed by atoms with Crippen molar-refractivity contribution in [3.63, 3.8) is 0 Å². The van der Waals surface area contributed by atoms with Crippen molar-refractivity contribution < 1.29 is 23.9 Å². The molecule has 5 heteroatoms. The molecule has 15 heavy (non-hydrogen) atoms. The maximum atomic E-state index is 11.3. The fourth-order valence-electron chi connectivity index (χ4n) is 1.94. The van der Waals surface area contributed by atoms with Gasteiger partial charge < -0.3 is 9.47 Å². The summed E-state index contributed by atoms with van der Waals surface area (Å²) in [7, 11) is 0. The highest BCUT2D eigenvalue weighted by Crippen LogP contribution is 2.34. The Morgan fingerprint density at radius 2 is 2.20 bits per heavy atom. The lowest BCUT2D eigenvalue weighted by atomic mass is 9.83. The summed E-state index contributed by atoms with van der Waals surface area (Å²) in [5.41, 5.74) is 0. The molecule has 0 N–H and O–H groups in total. The lowest BCUT2D eigenvalue weighted by molar-refractivity contribution is -0.155. The van der Waals surface area contributed by atoms with Gasteiger partial charge >= 0.3 is 17.9 Å². The van der Waals surface area contributed by atoms with Crippen LogP contribution in [0, 0.1) is 11.8 Å². The predicted octanol–water partition coefficient (Wildman–Crippen LogP) is 0.194. The van der Waals surface area contributed by atoms with E-state index in [1.165, 1.54) is 6.92 Å². The normalized spacial score (nSPS) is 33.5. The second kappa shape index (κ2) is 3.49.